The number of hydrogen-bond acceptors (Lipinski definition) is 2. The molecule has 0 amide bonds. The standard InChI is InChI=1S/C12H16FNO2/c1-9(7-12(15)16)8-14(2)11-5-3-10(13)4-6-11/h3-6,9H,7-8H2,1-2H3,(H,15,16). The first kappa shape index (κ1) is 12.5. The average Bonchev–Trinajstić information content (AvgIpc) is 2.16. The van der Waals surface area contributed by atoms with E-state index in [1.54, 1.807) is 12.1 Å². The molecule has 3 nitrogen and oxygen atoms in total. The molecule has 1 N–H and O–H groups in total. The lowest BCUT2D eigenvalue weighted by atomic mass is 10.1. The van der Waals surface area contributed by atoms with Gasteiger partial charge in [-0.15, -0.1) is 0 Å². The highest BCUT2D eigenvalue weighted by Crippen LogP contribution is 2.15. The van der Waals surface area contributed by atoms with Crippen LogP contribution in [0.1, 0.15) is 13.3 Å². The first-order valence-corrected chi connectivity index (χ1v) is 5.17. The van der Waals surface area contributed by atoms with Crippen LogP contribution in [0.2, 0.25) is 0 Å². The van der Waals surface area contributed by atoms with Crippen molar-refractivity contribution in [3.05, 3.63) is 30.1 Å². The Hall–Kier alpha value is -1.58. The van der Waals surface area contributed by atoms with Crippen LogP contribution in [0.25, 0.3) is 0 Å². The second-order valence-electron chi connectivity index (χ2n) is 4.06. The zero-order valence-electron chi connectivity index (χ0n) is 9.48. The largest absolute Gasteiger partial charge is 0.481 e. The van der Waals surface area contributed by atoms with Gasteiger partial charge in [-0.3, -0.25) is 4.79 Å². The van der Waals surface area contributed by atoms with Gasteiger partial charge < -0.3 is 10.0 Å². The second kappa shape index (κ2) is 5.49. The highest BCUT2D eigenvalue weighted by molar-refractivity contribution is 5.67. The summed E-state index contributed by atoms with van der Waals surface area (Å²) in [5.74, 6) is -0.997. The number of carboxylic acid groups (broad SMARTS) is 1. The van der Waals surface area contributed by atoms with Crippen molar-refractivity contribution >= 4 is 11.7 Å². The van der Waals surface area contributed by atoms with Crippen LogP contribution < -0.4 is 4.90 Å². The van der Waals surface area contributed by atoms with E-state index in [9.17, 15) is 9.18 Å². The molecular weight excluding hydrogens is 209 g/mol. The number of anilines is 1. The van der Waals surface area contributed by atoms with Gasteiger partial charge in [0.15, 0.2) is 0 Å². The van der Waals surface area contributed by atoms with E-state index in [2.05, 4.69) is 0 Å². The third-order valence-electron chi connectivity index (χ3n) is 2.38. The van der Waals surface area contributed by atoms with E-state index in [0.29, 0.717) is 6.54 Å². The van der Waals surface area contributed by atoms with Gasteiger partial charge in [0.05, 0.1) is 0 Å². The van der Waals surface area contributed by atoms with Crippen molar-refractivity contribution in [2.45, 2.75) is 13.3 Å². The maximum atomic E-state index is 12.7. The van der Waals surface area contributed by atoms with Crippen LogP contribution in [-0.2, 0) is 4.79 Å². The lowest BCUT2D eigenvalue weighted by Gasteiger charge is -2.22. The number of halogens is 1. The molecule has 0 aliphatic heterocycles. The van der Waals surface area contributed by atoms with Gasteiger partial charge in [0.25, 0.3) is 0 Å². The van der Waals surface area contributed by atoms with Crippen LogP contribution in [-0.4, -0.2) is 24.7 Å². The number of rotatable bonds is 5. The number of benzene rings is 1. The Morgan fingerprint density at radius 1 is 1.44 bits per heavy atom. The van der Waals surface area contributed by atoms with Crippen LogP contribution in [0.4, 0.5) is 10.1 Å². The van der Waals surface area contributed by atoms with Crippen LogP contribution in [0, 0.1) is 11.7 Å². The SMILES string of the molecule is CC(CC(=O)O)CN(C)c1ccc(F)cc1. The molecule has 1 atom stereocenters. The predicted molar refractivity (Wildman–Crippen MR) is 61.1 cm³/mol. The minimum absolute atomic E-state index is 0.0625. The molecule has 0 spiro atoms. The van der Waals surface area contributed by atoms with E-state index in [1.165, 1.54) is 12.1 Å². The molecule has 0 heterocycles. The molecule has 0 saturated heterocycles. The third-order valence-corrected chi connectivity index (χ3v) is 2.38. The molecule has 1 aromatic rings. The van der Waals surface area contributed by atoms with Gasteiger partial charge in [-0.25, -0.2) is 4.39 Å². The van der Waals surface area contributed by atoms with Crippen molar-refractivity contribution in [3.8, 4) is 0 Å². The summed E-state index contributed by atoms with van der Waals surface area (Å²) in [6.07, 6.45) is 0.144. The van der Waals surface area contributed by atoms with Gasteiger partial charge in [0, 0.05) is 25.7 Å². The molecule has 0 aliphatic rings. The lowest BCUT2D eigenvalue weighted by molar-refractivity contribution is -0.137. The van der Waals surface area contributed by atoms with Crippen molar-refractivity contribution in [2.75, 3.05) is 18.5 Å². The minimum atomic E-state index is -0.792. The fourth-order valence-corrected chi connectivity index (χ4v) is 1.63. The summed E-state index contributed by atoms with van der Waals surface area (Å²) < 4.78 is 12.7. The van der Waals surface area contributed by atoms with Crippen LogP contribution in [0.5, 0.6) is 0 Å². The number of aliphatic carboxylic acids is 1. The maximum Gasteiger partial charge on any atom is 0.303 e. The normalized spacial score (nSPS) is 12.2. The number of carboxylic acids is 1. The average molecular weight is 225 g/mol. The molecule has 0 aliphatic carbocycles. The van der Waals surface area contributed by atoms with E-state index >= 15 is 0 Å². The van der Waals surface area contributed by atoms with Gasteiger partial charge in [-0.1, -0.05) is 6.92 Å². The first-order valence-electron chi connectivity index (χ1n) is 5.17. The number of nitrogens with zero attached hydrogens (tertiary/aromatic N) is 1. The Kier molecular flexibility index (Phi) is 4.28. The molecule has 0 fully saturated rings. The molecule has 1 aromatic carbocycles. The molecule has 1 unspecified atom stereocenters. The predicted octanol–water partition coefficient (Wildman–Crippen LogP) is 2.37. The topological polar surface area (TPSA) is 40.5 Å². The summed E-state index contributed by atoms with van der Waals surface area (Å²) in [5.41, 5.74) is 0.888. The molecule has 0 saturated carbocycles. The first-order chi connectivity index (χ1) is 7.49. The molecule has 0 aromatic heterocycles. The quantitative estimate of drug-likeness (QED) is 0.836. The minimum Gasteiger partial charge on any atom is -0.481 e. The van der Waals surface area contributed by atoms with Crippen LogP contribution in [0.15, 0.2) is 24.3 Å². The Bertz CT molecular complexity index is 351. The fraction of sp³-hybridized carbons (Fsp3) is 0.417. The fourth-order valence-electron chi connectivity index (χ4n) is 1.63. The van der Waals surface area contributed by atoms with Crippen molar-refractivity contribution in [2.24, 2.45) is 5.92 Å². The molecule has 16 heavy (non-hydrogen) atoms. The van der Waals surface area contributed by atoms with Crippen LogP contribution >= 0.6 is 0 Å². The third kappa shape index (κ3) is 3.88. The molecule has 0 bridgehead atoms. The maximum absolute atomic E-state index is 12.7. The lowest BCUT2D eigenvalue weighted by Crippen LogP contribution is -2.25. The van der Waals surface area contributed by atoms with E-state index < -0.39 is 5.97 Å². The Morgan fingerprint density at radius 3 is 2.50 bits per heavy atom. The van der Waals surface area contributed by atoms with Crippen molar-refractivity contribution in [1.29, 1.82) is 0 Å². The van der Waals surface area contributed by atoms with E-state index in [4.69, 9.17) is 5.11 Å². The summed E-state index contributed by atoms with van der Waals surface area (Å²) in [5, 5.41) is 8.64. The Balaban J connectivity index is 2.54. The van der Waals surface area contributed by atoms with Gasteiger partial charge in [-0.05, 0) is 30.2 Å². The van der Waals surface area contributed by atoms with E-state index in [-0.39, 0.29) is 18.2 Å². The second-order valence-corrected chi connectivity index (χ2v) is 4.06. The summed E-state index contributed by atoms with van der Waals surface area (Å²) in [7, 11) is 1.87. The number of carbonyl (C=O) groups is 1. The van der Waals surface area contributed by atoms with Gasteiger partial charge >= 0.3 is 5.97 Å². The van der Waals surface area contributed by atoms with Crippen molar-refractivity contribution in [1.82, 2.24) is 0 Å². The summed E-state index contributed by atoms with van der Waals surface area (Å²) >= 11 is 0. The smallest absolute Gasteiger partial charge is 0.303 e. The van der Waals surface area contributed by atoms with E-state index in [0.717, 1.165) is 5.69 Å². The van der Waals surface area contributed by atoms with Gasteiger partial charge in [-0.2, -0.15) is 0 Å². The number of hydrogen-bond donors (Lipinski definition) is 1. The zero-order valence-corrected chi connectivity index (χ0v) is 9.48. The van der Waals surface area contributed by atoms with Gasteiger partial charge in [0.2, 0.25) is 0 Å². The molecule has 4 heteroatoms. The molecule has 1 rings (SSSR count). The van der Waals surface area contributed by atoms with Crippen molar-refractivity contribution in [3.63, 3.8) is 0 Å². The monoisotopic (exact) mass is 225 g/mol. The zero-order chi connectivity index (χ0) is 12.1. The summed E-state index contributed by atoms with van der Waals surface area (Å²) in [4.78, 5) is 12.4. The Morgan fingerprint density at radius 2 is 2.00 bits per heavy atom. The summed E-state index contributed by atoms with van der Waals surface area (Å²) in [6.45, 7) is 2.52. The molecule has 0 radical (unpaired) electrons. The molecular formula is C12H16FNO2. The highest BCUT2D eigenvalue weighted by atomic mass is 19.1. The van der Waals surface area contributed by atoms with Crippen molar-refractivity contribution < 1.29 is 14.3 Å². The molecule has 88 valence electrons. The Labute approximate surface area is 94.5 Å². The van der Waals surface area contributed by atoms with E-state index in [1.807, 2.05) is 18.9 Å². The van der Waals surface area contributed by atoms with Crippen LogP contribution in [0.3, 0.4) is 0 Å². The summed E-state index contributed by atoms with van der Waals surface area (Å²) in [6, 6.07) is 6.16. The van der Waals surface area contributed by atoms with Gasteiger partial charge in [0.1, 0.15) is 5.82 Å². The highest BCUT2D eigenvalue weighted by Gasteiger charge is 2.10.